The van der Waals surface area contributed by atoms with Gasteiger partial charge >= 0.3 is 0 Å². The minimum absolute atomic E-state index is 0.776. The van der Waals surface area contributed by atoms with Crippen LogP contribution in [0.2, 0.25) is 0 Å². The summed E-state index contributed by atoms with van der Waals surface area (Å²) in [6.07, 6.45) is 0. The van der Waals surface area contributed by atoms with Crippen molar-refractivity contribution in [3.05, 3.63) is 53.6 Å². The van der Waals surface area contributed by atoms with Crippen molar-refractivity contribution in [2.24, 2.45) is 0 Å². The van der Waals surface area contributed by atoms with E-state index in [2.05, 4.69) is 6.92 Å². The van der Waals surface area contributed by atoms with Crippen molar-refractivity contribution in [1.82, 2.24) is 0 Å². The monoisotopic (exact) mass is 274 g/mol. The minimum Gasteiger partial charge on any atom is -0.497 e. The molecule has 0 saturated heterocycles. The Bertz CT molecular complexity index is 518. The lowest BCUT2D eigenvalue weighted by Gasteiger charge is -2.06. The molecule has 2 aromatic carbocycles. The number of hydrogen-bond donors (Lipinski definition) is 0. The average molecular weight is 274 g/mol. The summed E-state index contributed by atoms with van der Waals surface area (Å²) in [7, 11) is 4.94. The molecule has 0 unspecified atom stereocenters. The van der Waals surface area contributed by atoms with Crippen LogP contribution in [-0.4, -0.2) is 21.3 Å². The Labute approximate surface area is 121 Å². The van der Waals surface area contributed by atoms with Crippen LogP contribution in [0.1, 0.15) is 11.1 Å². The molecule has 0 aliphatic rings. The van der Waals surface area contributed by atoms with Crippen LogP contribution in [-0.2, 0) is 0 Å². The molecule has 20 heavy (non-hydrogen) atoms. The Kier molecular flexibility index (Phi) is 6.44. The van der Waals surface area contributed by atoms with Crippen molar-refractivity contribution in [3.63, 3.8) is 0 Å². The van der Waals surface area contributed by atoms with Crippen LogP contribution in [0, 0.1) is 13.8 Å². The van der Waals surface area contributed by atoms with Gasteiger partial charge < -0.3 is 14.2 Å². The molecule has 0 fully saturated rings. The predicted octanol–water partition coefficient (Wildman–Crippen LogP) is 4.02. The lowest BCUT2D eigenvalue weighted by Crippen LogP contribution is -1.90. The van der Waals surface area contributed by atoms with E-state index in [1.165, 1.54) is 11.1 Å². The summed E-state index contributed by atoms with van der Waals surface area (Å²) in [5.41, 5.74) is 2.43. The third kappa shape index (κ3) is 4.84. The summed E-state index contributed by atoms with van der Waals surface area (Å²) in [5.74, 6) is 2.48. The maximum absolute atomic E-state index is 5.09. The van der Waals surface area contributed by atoms with E-state index < -0.39 is 0 Å². The standard InChI is InChI=1S/C9H12O2.C8H10O/c1-7-4-5-8(10-2)9(6-7)11-3;1-7-3-5-8(9-2)6-4-7/h4-6H,1-3H3;3-6H,1-2H3. The molecule has 2 aromatic rings. The van der Waals surface area contributed by atoms with Gasteiger partial charge in [-0.3, -0.25) is 0 Å². The Morgan fingerprint density at radius 3 is 1.65 bits per heavy atom. The summed E-state index contributed by atoms with van der Waals surface area (Å²) >= 11 is 0. The molecule has 2 rings (SSSR count). The Morgan fingerprint density at radius 2 is 1.15 bits per heavy atom. The van der Waals surface area contributed by atoms with Gasteiger partial charge in [-0.1, -0.05) is 23.8 Å². The van der Waals surface area contributed by atoms with Crippen LogP contribution in [0.25, 0.3) is 0 Å². The van der Waals surface area contributed by atoms with Crippen LogP contribution in [0.5, 0.6) is 17.2 Å². The van der Waals surface area contributed by atoms with Gasteiger partial charge in [0.1, 0.15) is 5.75 Å². The number of aryl methyl sites for hydroxylation is 2. The van der Waals surface area contributed by atoms with Crippen molar-refractivity contribution in [2.45, 2.75) is 13.8 Å². The van der Waals surface area contributed by atoms with Gasteiger partial charge in [0.15, 0.2) is 11.5 Å². The molecule has 0 spiro atoms. The Balaban J connectivity index is 0.000000204. The molecule has 3 heteroatoms. The lowest BCUT2D eigenvalue weighted by atomic mass is 10.2. The van der Waals surface area contributed by atoms with Gasteiger partial charge in [0.2, 0.25) is 0 Å². The normalized spacial score (nSPS) is 9.25. The van der Waals surface area contributed by atoms with E-state index in [1.54, 1.807) is 21.3 Å². The maximum atomic E-state index is 5.09. The summed E-state index contributed by atoms with van der Waals surface area (Å²) < 4.78 is 15.1. The number of ether oxygens (including phenoxy) is 3. The number of methoxy groups -OCH3 is 3. The van der Waals surface area contributed by atoms with Gasteiger partial charge in [0.05, 0.1) is 21.3 Å². The zero-order valence-electron chi connectivity index (χ0n) is 12.8. The van der Waals surface area contributed by atoms with E-state index in [1.807, 2.05) is 49.4 Å². The molecular formula is C17H22O3. The first-order valence-corrected chi connectivity index (χ1v) is 6.40. The molecule has 0 atom stereocenters. The molecular weight excluding hydrogens is 252 g/mol. The molecule has 0 aromatic heterocycles. The largest absolute Gasteiger partial charge is 0.497 e. The predicted molar refractivity (Wildman–Crippen MR) is 82.0 cm³/mol. The highest BCUT2D eigenvalue weighted by Crippen LogP contribution is 2.26. The van der Waals surface area contributed by atoms with Crippen molar-refractivity contribution in [2.75, 3.05) is 21.3 Å². The van der Waals surface area contributed by atoms with E-state index in [0.717, 1.165) is 17.2 Å². The van der Waals surface area contributed by atoms with Gasteiger partial charge in [0, 0.05) is 0 Å². The van der Waals surface area contributed by atoms with Crippen LogP contribution >= 0.6 is 0 Å². The molecule has 0 aliphatic carbocycles. The summed E-state index contributed by atoms with van der Waals surface area (Å²) in [5, 5.41) is 0. The average Bonchev–Trinajstić information content (AvgIpc) is 2.48. The molecule has 0 radical (unpaired) electrons. The van der Waals surface area contributed by atoms with E-state index in [9.17, 15) is 0 Å². The highest BCUT2D eigenvalue weighted by Gasteiger charge is 2.00. The smallest absolute Gasteiger partial charge is 0.160 e. The first kappa shape index (κ1) is 15.9. The maximum Gasteiger partial charge on any atom is 0.160 e. The number of rotatable bonds is 3. The van der Waals surface area contributed by atoms with Gasteiger partial charge in [-0.25, -0.2) is 0 Å². The highest BCUT2D eigenvalue weighted by atomic mass is 16.5. The van der Waals surface area contributed by atoms with Crippen LogP contribution in [0.15, 0.2) is 42.5 Å². The second-order valence-corrected chi connectivity index (χ2v) is 4.38. The van der Waals surface area contributed by atoms with E-state index >= 15 is 0 Å². The molecule has 0 aliphatic heterocycles. The fourth-order valence-corrected chi connectivity index (χ4v) is 1.62. The third-order valence-corrected chi connectivity index (χ3v) is 2.80. The van der Waals surface area contributed by atoms with Crippen molar-refractivity contribution in [3.8, 4) is 17.2 Å². The second-order valence-electron chi connectivity index (χ2n) is 4.38. The van der Waals surface area contributed by atoms with Gasteiger partial charge in [-0.15, -0.1) is 0 Å². The first-order chi connectivity index (χ1) is 9.60. The SMILES string of the molecule is COc1ccc(C)cc1.COc1ccc(C)cc1OC. The minimum atomic E-state index is 0.776. The van der Waals surface area contributed by atoms with Crippen LogP contribution in [0.3, 0.4) is 0 Å². The highest BCUT2D eigenvalue weighted by molar-refractivity contribution is 5.42. The zero-order valence-corrected chi connectivity index (χ0v) is 12.8. The van der Waals surface area contributed by atoms with Gasteiger partial charge in [0.25, 0.3) is 0 Å². The topological polar surface area (TPSA) is 27.7 Å². The van der Waals surface area contributed by atoms with E-state index in [4.69, 9.17) is 14.2 Å². The quantitative estimate of drug-likeness (QED) is 0.846. The van der Waals surface area contributed by atoms with E-state index in [0.29, 0.717) is 0 Å². The molecule has 0 heterocycles. The number of benzene rings is 2. The molecule has 0 N–H and O–H groups in total. The summed E-state index contributed by atoms with van der Waals surface area (Å²) in [4.78, 5) is 0. The fraction of sp³-hybridized carbons (Fsp3) is 0.294. The van der Waals surface area contributed by atoms with Crippen molar-refractivity contribution >= 4 is 0 Å². The van der Waals surface area contributed by atoms with E-state index in [-0.39, 0.29) is 0 Å². The molecule has 0 bridgehead atoms. The molecule has 108 valence electrons. The van der Waals surface area contributed by atoms with Gasteiger partial charge in [-0.05, 0) is 43.7 Å². The molecule has 0 amide bonds. The van der Waals surface area contributed by atoms with Gasteiger partial charge in [-0.2, -0.15) is 0 Å². The van der Waals surface area contributed by atoms with Crippen molar-refractivity contribution in [1.29, 1.82) is 0 Å². The van der Waals surface area contributed by atoms with Crippen molar-refractivity contribution < 1.29 is 14.2 Å². The third-order valence-electron chi connectivity index (χ3n) is 2.80. The lowest BCUT2D eigenvalue weighted by molar-refractivity contribution is 0.354. The molecule has 0 saturated carbocycles. The summed E-state index contributed by atoms with van der Waals surface area (Å²) in [6.45, 7) is 4.07. The zero-order chi connectivity index (χ0) is 15.0. The summed E-state index contributed by atoms with van der Waals surface area (Å²) in [6, 6.07) is 13.8. The Hall–Kier alpha value is -2.16. The fourth-order valence-electron chi connectivity index (χ4n) is 1.62. The first-order valence-electron chi connectivity index (χ1n) is 6.40. The number of hydrogen-bond acceptors (Lipinski definition) is 3. The molecule has 3 nitrogen and oxygen atoms in total. The second kappa shape index (κ2) is 8.10. The van der Waals surface area contributed by atoms with Crippen LogP contribution in [0.4, 0.5) is 0 Å². The van der Waals surface area contributed by atoms with Crippen LogP contribution < -0.4 is 14.2 Å². The Morgan fingerprint density at radius 1 is 0.600 bits per heavy atom.